The summed E-state index contributed by atoms with van der Waals surface area (Å²) < 4.78 is 19.9. The van der Waals surface area contributed by atoms with E-state index in [1.165, 1.54) is 6.07 Å². The molecule has 9 nitrogen and oxygen atoms in total. The van der Waals surface area contributed by atoms with Gasteiger partial charge in [-0.3, -0.25) is 9.78 Å². The number of nitrogens with one attached hydrogen (secondary N) is 1. The Balaban J connectivity index is 1.21. The molecule has 0 atom stereocenters. The molecule has 0 saturated heterocycles. The van der Waals surface area contributed by atoms with Crippen molar-refractivity contribution in [3.8, 4) is 40.0 Å². The number of carboxylic acid groups (broad SMARTS) is 1. The first-order valence-electron chi connectivity index (χ1n) is 11.4. The monoisotopic (exact) mass is 474 g/mol. The number of aromatic amines is 1. The van der Waals surface area contributed by atoms with E-state index in [0.717, 1.165) is 31.2 Å². The average Bonchev–Trinajstić information content (AvgIpc) is 3.36. The molecule has 0 radical (unpaired) electrons. The molecule has 1 saturated carbocycles. The molecule has 5 rings (SSSR count). The Morgan fingerprint density at radius 3 is 2.34 bits per heavy atom. The van der Waals surface area contributed by atoms with Gasteiger partial charge in [0, 0.05) is 36.1 Å². The Kier molecular flexibility index (Phi) is 6.42. The number of ether oxygens (including phenoxy) is 1. The number of aliphatic carboxylic acids is 1. The molecule has 1 aliphatic carbocycles. The number of hydrogen-bond acceptors (Lipinski definition) is 7. The largest absolute Gasteiger partial charge is 0.481 e. The maximum absolute atomic E-state index is 14.0. The molecule has 10 heteroatoms. The number of pyridine rings is 1. The fraction of sp³-hybridized carbons (Fsp3) is 0.280. The molecule has 3 heterocycles. The molecule has 3 aromatic heterocycles. The fourth-order valence-electron chi connectivity index (χ4n) is 4.23. The lowest BCUT2D eigenvalue weighted by Crippen LogP contribution is -2.25. The number of carboxylic acids is 1. The van der Waals surface area contributed by atoms with Gasteiger partial charge in [-0.05, 0) is 55.9 Å². The molecule has 178 valence electrons. The van der Waals surface area contributed by atoms with Gasteiger partial charge in [0.05, 0.1) is 11.3 Å². The molecular formula is C25H23FN6O3. The van der Waals surface area contributed by atoms with Gasteiger partial charge in [0.15, 0.2) is 11.6 Å². The zero-order chi connectivity index (χ0) is 24.2. The van der Waals surface area contributed by atoms with E-state index in [1.54, 1.807) is 36.8 Å². The van der Waals surface area contributed by atoms with Crippen LogP contribution in [0.4, 0.5) is 4.39 Å². The highest BCUT2D eigenvalue weighted by Crippen LogP contribution is 2.29. The molecular weight excluding hydrogens is 451 g/mol. The van der Waals surface area contributed by atoms with Crippen molar-refractivity contribution < 1.29 is 19.0 Å². The van der Waals surface area contributed by atoms with Crippen LogP contribution in [-0.2, 0) is 4.79 Å². The van der Waals surface area contributed by atoms with Crippen molar-refractivity contribution in [1.82, 2.24) is 30.1 Å². The minimum atomic E-state index is -0.747. The molecule has 0 spiro atoms. The predicted octanol–water partition coefficient (Wildman–Crippen LogP) is 4.54. The molecule has 2 N–H and O–H groups in total. The van der Waals surface area contributed by atoms with E-state index < -0.39 is 5.97 Å². The SMILES string of the molecule is O=C(O)C[C@H]1CC[C@@H](Oc2ncc(-c3ccc(-c4nnc(-c5ccccc5F)[nH]4)cn3)cn2)CC1. The number of hydrogen-bond donors (Lipinski definition) is 2. The van der Waals surface area contributed by atoms with Gasteiger partial charge in [0.25, 0.3) is 0 Å². The molecule has 0 unspecified atom stereocenters. The topological polar surface area (TPSA) is 127 Å². The van der Waals surface area contributed by atoms with E-state index in [0.29, 0.717) is 34.5 Å². The number of nitrogens with zero attached hydrogens (tertiary/aromatic N) is 5. The number of halogens is 1. The molecule has 1 fully saturated rings. The number of aromatic nitrogens is 6. The summed E-state index contributed by atoms with van der Waals surface area (Å²) in [5.41, 5.74) is 2.48. The van der Waals surface area contributed by atoms with Crippen LogP contribution >= 0.6 is 0 Å². The Morgan fingerprint density at radius 2 is 1.66 bits per heavy atom. The van der Waals surface area contributed by atoms with Crippen LogP contribution in [0.5, 0.6) is 6.01 Å². The Morgan fingerprint density at radius 1 is 0.943 bits per heavy atom. The van der Waals surface area contributed by atoms with Crippen molar-refractivity contribution in [3.05, 3.63) is 60.8 Å². The van der Waals surface area contributed by atoms with E-state index in [1.807, 2.05) is 12.1 Å². The molecule has 0 amide bonds. The van der Waals surface area contributed by atoms with Crippen LogP contribution in [0.25, 0.3) is 34.0 Å². The van der Waals surface area contributed by atoms with Crippen molar-refractivity contribution in [2.24, 2.45) is 5.92 Å². The summed E-state index contributed by atoms with van der Waals surface area (Å²) in [5.74, 6) is -0.0697. The minimum absolute atomic E-state index is 0.000499. The zero-order valence-electron chi connectivity index (χ0n) is 18.8. The van der Waals surface area contributed by atoms with Crippen molar-refractivity contribution >= 4 is 5.97 Å². The van der Waals surface area contributed by atoms with E-state index >= 15 is 0 Å². The Hall–Kier alpha value is -4.21. The van der Waals surface area contributed by atoms with Crippen LogP contribution in [-0.4, -0.2) is 47.3 Å². The lowest BCUT2D eigenvalue weighted by Gasteiger charge is -2.27. The number of carbonyl (C=O) groups is 1. The highest BCUT2D eigenvalue weighted by molar-refractivity contribution is 5.67. The minimum Gasteiger partial charge on any atom is -0.481 e. The summed E-state index contributed by atoms with van der Waals surface area (Å²) in [7, 11) is 0. The van der Waals surface area contributed by atoms with Crippen LogP contribution in [0.1, 0.15) is 32.1 Å². The van der Waals surface area contributed by atoms with Crippen LogP contribution in [0.2, 0.25) is 0 Å². The molecule has 1 aliphatic rings. The lowest BCUT2D eigenvalue weighted by molar-refractivity contribution is -0.138. The summed E-state index contributed by atoms with van der Waals surface area (Å²) in [5, 5.41) is 17.1. The van der Waals surface area contributed by atoms with Gasteiger partial charge < -0.3 is 14.8 Å². The predicted molar refractivity (Wildman–Crippen MR) is 125 cm³/mol. The maximum atomic E-state index is 14.0. The molecule has 0 bridgehead atoms. The smallest absolute Gasteiger partial charge is 0.316 e. The zero-order valence-corrected chi connectivity index (χ0v) is 18.8. The van der Waals surface area contributed by atoms with Gasteiger partial charge in [-0.15, -0.1) is 10.2 Å². The Labute approximate surface area is 200 Å². The first-order chi connectivity index (χ1) is 17.0. The normalized spacial score (nSPS) is 17.7. The highest BCUT2D eigenvalue weighted by Gasteiger charge is 2.24. The third-order valence-electron chi connectivity index (χ3n) is 6.11. The lowest BCUT2D eigenvalue weighted by atomic mass is 9.85. The number of benzene rings is 1. The van der Waals surface area contributed by atoms with Gasteiger partial charge >= 0.3 is 12.0 Å². The second kappa shape index (κ2) is 9.96. The van der Waals surface area contributed by atoms with Crippen LogP contribution < -0.4 is 4.74 Å². The first kappa shape index (κ1) is 22.6. The van der Waals surface area contributed by atoms with Gasteiger partial charge in [-0.1, -0.05) is 12.1 Å². The first-order valence-corrected chi connectivity index (χ1v) is 11.4. The van der Waals surface area contributed by atoms with Gasteiger partial charge in [-0.2, -0.15) is 0 Å². The van der Waals surface area contributed by atoms with Gasteiger partial charge in [0.1, 0.15) is 11.9 Å². The average molecular weight is 474 g/mol. The van der Waals surface area contributed by atoms with Gasteiger partial charge in [-0.25, -0.2) is 14.4 Å². The van der Waals surface area contributed by atoms with Crippen molar-refractivity contribution in [2.75, 3.05) is 0 Å². The summed E-state index contributed by atoms with van der Waals surface area (Å²) in [6, 6.07) is 10.3. The molecule has 35 heavy (non-hydrogen) atoms. The summed E-state index contributed by atoms with van der Waals surface area (Å²) >= 11 is 0. The number of rotatable bonds is 7. The fourth-order valence-corrected chi connectivity index (χ4v) is 4.23. The van der Waals surface area contributed by atoms with Crippen LogP contribution in [0.15, 0.2) is 55.0 Å². The van der Waals surface area contributed by atoms with Crippen molar-refractivity contribution in [3.63, 3.8) is 0 Å². The summed E-state index contributed by atoms with van der Waals surface area (Å²) in [6.07, 6.45) is 8.44. The van der Waals surface area contributed by atoms with Gasteiger partial charge in [0.2, 0.25) is 0 Å². The molecule has 4 aromatic rings. The summed E-state index contributed by atoms with van der Waals surface area (Å²) in [6.45, 7) is 0. The molecule has 1 aromatic carbocycles. The quantitative estimate of drug-likeness (QED) is 0.400. The van der Waals surface area contributed by atoms with Crippen molar-refractivity contribution in [2.45, 2.75) is 38.2 Å². The van der Waals surface area contributed by atoms with Crippen molar-refractivity contribution in [1.29, 1.82) is 0 Å². The second-order valence-electron chi connectivity index (χ2n) is 8.55. The second-order valence-corrected chi connectivity index (χ2v) is 8.55. The third-order valence-corrected chi connectivity index (χ3v) is 6.11. The van der Waals surface area contributed by atoms with Crippen LogP contribution in [0, 0.1) is 11.7 Å². The van der Waals surface area contributed by atoms with E-state index in [9.17, 15) is 9.18 Å². The van der Waals surface area contributed by atoms with E-state index in [-0.39, 0.29) is 24.3 Å². The standard InChI is InChI=1S/C25H23FN6O3/c26-20-4-2-1-3-19(20)24-30-23(31-32-24)16-7-10-21(27-12-16)17-13-28-25(29-14-17)35-18-8-5-15(6-9-18)11-22(33)34/h1-4,7,10,12-15,18H,5-6,8-9,11H2,(H,33,34)(H,30,31,32)/t15-,18+. The van der Waals surface area contributed by atoms with E-state index in [2.05, 4.69) is 30.1 Å². The maximum Gasteiger partial charge on any atom is 0.316 e. The van der Waals surface area contributed by atoms with E-state index in [4.69, 9.17) is 9.84 Å². The Bertz CT molecular complexity index is 1300. The highest BCUT2D eigenvalue weighted by atomic mass is 19.1. The third kappa shape index (κ3) is 5.32. The number of H-pyrrole nitrogens is 1. The summed E-state index contributed by atoms with van der Waals surface area (Å²) in [4.78, 5) is 27.0. The van der Waals surface area contributed by atoms with Crippen LogP contribution in [0.3, 0.4) is 0 Å². The molecule has 0 aliphatic heterocycles.